The highest BCUT2D eigenvalue weighted by molar-refractivity contribution is 6.30. The minimum atomic E-state index is 0.0488. The largest absolute Gasteiger partial charge is 0.342 e. The second-order valence-corrected chi connectivity index (χ2v) is 8.44. The summed E-state index contributed by atoms with van der Waals surface area (Å²) in [6.07, 6.45) is 0.367. The molecule has 2 amide bonds. The minimum absolute atomic E-state index is 0.0488. The molecule has 146 valence electrons. The first-order valence-corrected chi connectivity index (χ1v) is 10.2. The Morgan fingerprint density at radius 2 is 1.86 bits per heavy atom. The van der Waals surface area contributed by atoms with Crippen molar-refractivity contribution in [2.75, 3.05) is 19.6 Å². The summed E-state index contributed by atoms with van der Waals surface area (Å²) in [5, 5.41) is 0.653. The lowest BCUT2D eigenvalue weighted by Gasteiger charge is -2.30. The summed E-state index contributed by atoms with van der Waals surface area (Å²) in [5.74, 6) is 0.860. The van der Waals surface area contributed by atoms with Crippen LogP contribution in [0.5, 0.6) is 0 Å². The van der Waals surface area contributed by atoms with Crippen molar-refractivity contribution in [3.63, 3.8) is 0 Å². The number of aryl methyl sites for hydroxylation is 1. The second-order valence-electron chi connectivity index (χ2n) is 8.00. The average molecular weight is 397 g/mol. The van der Waals surface area contributed by atoms with Crippen LogP contribution in [0.1, 0.15) is 29.7 Å². The topological polar surface area (TPSA) is 40.6 Å². The molecular weight excluding hydrogens is 372 g/mol. The Hall–Kier alpha value is -2.33. The molecular formula is C23H25ClN2O2. The summed E-state index contributed by atoms with van der Waals surface area (Å²) in [6, 6.07) is 15.8. The van der Waals surface area contributed by atoms with E-state index in [1.165, 1.54) is 11.1 Å². The van der Waals surface area contributed by atoms with Gasteiger partial charge in [-0.25, -0.2) is 0 Å². The van der Waals surface area contributed by atoms with Crippen LogP contribution >= 0.6 is 11.6 Å². The molecule has 2 aromatic carbocycles. The van der Waals surface area contributed by atoms with Crippen LogP contribution in [0.2, 0.25) is 5.02 Å². The highest BCUT2D eigenvalue weighted by atomic mass is 35.5. The van der Waals surface area contributed by atoms with Crippen LogP contribution in [0.25, 0.3) is 0 Å². The Kier molecular flexibility index (Phi) is 5.15. The van der Waals surface area contributed by atoms with Gasteiger partial charge in [0.2, 0.25) is 11.8 Å². The van der Waals surface area contributed by atoms with Gasteiger partial charge in [-0.2, -0.15) is 0 Å². The van der Waals surface area contributed by atoms with Gasteiger partial charge < -0.3 is 9.80 Å². The lowest BCUT2D eigenvalue weighted by Crippen LogP contribution is -2.37. The highest BCUT2D eigenvalue weighted by Crippen LogP contribution is 2.45. The van der Waals surface area contributed by atoms with Crippen molar-refractivity contribution in [2.45, 2.75) is 26.3 Å². The number of fused-ring (bicyclic) bond motifs is 1. The quantitative estimate of drug-likeness (QED) is 0.790. The second kappa shape index (κ2) is 7.59. The Balaban J connectivity index is 1.54. The van der Waals surface area contributed by atoms with Crippen molar-refractivity contribution in [3.05, 3.63) is 70.2 Å². The van der Waals surface area contributed by atoms with E-state index in [0.717, 1.165) is 18.7 Å². The number of carbonyl (C=O) groups is 2. The van der Waals surface area contributed by atoms with Crippen molar-refractivity contribution < 1.29 is 9.59 Å². The first-order chi connectivity index (χ1) is 13.4. The molecule has 2 fully saturated rings. The molecule has 2 aliphatic heterocycles. The van der Waals surface area contributed by atoms with E-state index in [0.29, 0.717) is 23.9 Å². The standard InChI is InChI=1S/C23H25ClN2O2/c1-15-6-3-4-9-20(15)23-21-14-25(12-18(21)13-26(23)16(2)27)22(28)11-17-7-5-8-19(24)10-17/h3-10,18,21,23H,11-14H2,1-2H3/t18-,21-,23-/m1/s1. The Labute approximate surface area is 171 Å². The number of amides is 2. The lowest BCUT2D eigenvalue weighted by molar-refractivity contribution is -0.131. The number of rotatable bonds is 3. The van der Waals surface area contributed by atoms with Gasteiger partial charge >= 0.3 is 0 Å². The summed E-state index contributed by atoms with van der Waals surface area (Å²) in [4.78, 5) is 29.1. The summed E-state index contributed by atoms with van der Waals surface area (Å²) >= 11 is 6.05. The van der Waals surface area contributed by atoms with Crippen LogP contribution in [0.4, 0.5) is 0 Å². The molecule has 0 N–H and O–H groups in total. The fraction of sp³-hybridized carbons (Fsp3) is 0.391. The lowest BCUT2D eigenvalue weighted by atomic mass is 9.87. The average Bonchev–Trinajstić information content (AvgIpc) is 3.20. The number of likely N-dealkylation sites (tertiary alicyclic amines) is 2. The summed E-state index contributed by atoms with van der Waals surface area (Å²) in [5.41, 5.74) is 3.34. The van der Waals surface area contributed by atoms with Crippen LogP contribution in [0.3, 0.4) is 0 Å². The van der Waals surface area contributed by atoms with Crippen LogP contribution in [0.15, 0.2) is 48.5 Å². The van der Waals surface area contributed by atoms with Crippen molar-refractivity contribution in [3.8, 4) is 0 Å². The number of carbonyl (C=O) groups excluding carboxylic acids is 2. The van der Waals surface area contributed by atoms with Crippen molar-refractivity contribution in [1.82, 2.24) is 9.80 Å². The monoisotopic (exact) mass is 396 g/mol. The third-order valence-electron chi connectivity index (χ3n) is 6.17. The van der Waals surface area contributed by atoms with Crippen molar-refractivity contribution >= 4 is 23.4 Å². The zero-order valence-electron chi connectivity index (χ0n) is 16.3. The number of halogens is 1. The van der Waals surface area contributed by atoms with Crippen molar-refractivity contribution in [2.24, 2.45) is 11.8 Å². The summed E-state index contributed by atoms with van der Waals surface area (Å²) in [6.45, 7) is 5.88. The van der Waals surface area contributed by atoms with Gasteiger partial charge in [-0.3, -0.25) is 9.59 Å². The van der Waals surface area contributed by atoms with Gasteiger partial charge in [0.1, 0.15) is 0 Å². The molecule has 2 saturated heterocycles. The van der Waals surface area contributed by atoms with E-state index in [4.69, 9.17) is 11.6 Å². The molecule has 4 rings (SSSR count). The number of hydrogen-bond donors (Lipinski definition) is 0. The molecule has 2 aromatic rings. The minimum Gasteiger partial charge on any atom is -0.342 e. The Bertz CT molecular complexity index is 913. The fourth-order valence-electron chi connectivity index (χ4n) is 4.82. The molecule has 0 unspecified atom stereocenters. The van der Waals surface area contributed by atoms with E-state index in [1.54, 1.807) is 6.92 Å². The fourth-order valence-corrected chi connectivity index (χ4v) is 5.04. The normalized spacial score (nSPS) is 23.8. The molecule has 5 heteroatoms. The summed E-state index contributed by atoms with van der Waals surface area (Å²) < 4.78 is 0. The van der Waals surface area contributed by atoms with Crippen LogP contribution in [-0.4, -0.2) is 41.2 Å². The van der Waals surface area contributed by atoms with Gasteiger partial charge in [-0.1, -0.05) is 48.0 Å². The van der Waals surface area contributed by atoms with Gasteiger partial charge in [-0.15, -0.1) is 0 Å². The molecule has 2 aliphatic rings. The van der Waals surface area contributed by atoms with E-state index in [1.807, 2.05) is 46.2 Å². The highest BCUT2D eigenvalue weighted by Gasteiger charge is 2.49. The summed E-state index contributed by atoms with van der Waals surface area (Å²) in [7, 11) is 0. The van der Waals surface area contributed by atoms with Crippen LogP contribution < -0.4 is 0 Å². The Morgan fingerprint density at radius 3 is 2.57 bits per heavy atom. The third kappa shape index (κ3) is 3.53. The molecule has 28 heavy (non-hydrogen) atoms. The van der Waals surface area contributed by atoms with E-state index >= 15 is 0 Å². The first kappa shape index (κ1) is 19.0. The molecule has 0 bridgehead atoms. The van der Waals surface area contributed by atoms with E-state index in [9.17, 15) is 9.59 Å². The smallest absolute Gasteiger partial charge is 0.227 e. The van der Waals surface area contributed by atoms with E-state index < -0.39 is 0 Å². The number of nitrogens with zero attached hydrogens (tertiary/aromatic N) is 2. The maximum absolute atomic E-state index is 12.9. The van der Waals surface area contributed by atoms with Crippen LogP contribution in [0, 0.1) is 18.8 Å². The van der Waals surface area contributed by atoms with E-state index in [2.05, 4.69) is 19.1 Å². The molecule has 3 atom stereocenters. The zero-order chi connectivity index (χ0) is 19.8. The van der Waals surface area contributed by atoms with E-state index in [-0.39, 0.29) is 23.8 Å². The SMILES string of the molecule is CC(=O)N1C[C@H]2CN(C(=O)Cc3cccc(Cl)c3)C[C@H]2[C@H]1c1ccccc1C. The maximum Gasteiger partial charge on any atom is 0.227 e. The van der Waals surface area contributed by atoms with Gasteiger partial charge in [0.05, 0.1) is 12.5 Å². The Morgan fingerprint density at radius 1 is 1.07 bits per heavy atom. The predicted octanol–water partition coefficient (Wildman–Crippen LogP) is 3.87. The molecule has 4 nitrogen and oxygen atoms in total. The maximum atomic E-state index is 12.9. The predicted molar refractivity (Wildman–Crippen MR) is 110 cm³/mol. The van der Waals surface area contributed by atoms with Crippen molar-refractivity contribution in [1.29, 1.82) is 0 Å². The van der Waals surface area contributed by atoms with Crippen LogP contribution in [-0.2, 0) is 16.0 Å². The molecule has 2 heterocycles. The van der Waals surface area contributed by atoms with Gasteiger partial charge in [-0.05, 0) is 35.7 Å². The third-order valence-corrected chi connectivity index (χ3v) is 6.41. The molecule has 0 spiro atoms. The van der Waals surface area contributed by atoms with Gasteiger partial charge in [0.15, 0.2) is 0 Å². The molecule has 0 aliphatic carbocycles. The number of hydrogen-bond acceptors (Lipinski definition) is 2. The molecule has 0 aromatic heterocycles. The number of benzene rings is 2. The first-order valence-electron chi connectivity index (χ1n) is 9.79. The zero-order valence-corrected chi connectivity index (χ0v) is 17.0. The molecule has 0 saturated carbocycles. The van der Waals surface area contributed by atoms with Gasteiger partial charge in [0.25, 0.3) is 0 Å². The van der Waals surface area contributed by atoms with Gasteiger partial charge in [0, 0.05) is 43.4 Å². The molecule has 0 radical (unpaired) electrons.